The molecule has 0 radical (unpaired) electrons. The fraction of sp³-hybridized carbons (Fsp3) is 0.231. The Morgan fingerprint density at radius 2 is 1.63 bits per heavy atom. The molecule has 0 unspecified atom stereocenters. The number of aromatic nitrogens is 1. The van der Waals surface area contributed by atoms with Gasteiger partial charge in [-0.15, -0.1) is 0 Å². The summed E-state index contributed by atoms with van der Waals surface area (Å²) in [5, 5.41) is 2.95. The molecule has 4 aromatic rings. The van der Waals surface area contributed by atoms with Crippen LogP contribution in [0.5, 0.6) is 0 Å². The zero-order chi connectivity index (χ0) is 21.3. The average Bonchev–Trinajstić information content (AvgIpc) is 3.10. The molecule has 0 bridgehead atoms. The highest BCUT2D eigenvalue weighted by Gasteiger charge is 2.10. The molecular formula is C26H26N2O2. The van der Waals surface area contributed by atoms with Crippen molar-refractivity contribution in [1.82, 2.24) is 4.98 Å². The number of fused-ring (bicyclic) bond motifs is 1. The molecule has 0 atom stereocenters. The Kier molecular flexibility index (Phi) is 5.40. The molecule has 4 nitrogen and oxygen atoms in total. The summed E-state index contributed by atoms with van der Waals surface area (Å²) in [6.07, 6.45) is 0.609. The number of nitrogens with one attached hydrogen (secondary N) is 1. The molecule has 1 aromatic heterocycles. The van der Waals surface area contributed by atoms with Crippen LogP contribution in [0.2, 0.25) is 0 Å². The minimum Gasteiger partial charge on any atom is -0.440 e. The van der Waals surface area contributed by atoms with Crippen LogP contribution in [0.3, 0.4) is 0 Å². The standard InChI is InChI=1S/C26H26N2O2/c1-16(2)20-7-9-21(10-8-20)26(29)27-22-11-5-19(6-12-22)15-25-28-23-13-17(3)18(4)14-24(23)30-25/h5-14,16H,15H2,1-4H3,(H,27,29). The highest BCUT2D eigenvalue weighted by Crippen LogP contribution is 2.22. The number of amides is 1. The first-order valence-electron chi connectivity index (χ1n) is 10.3. The van der Waals surface area contributed by atoms with Crippen LogP contribution in [0.25, 0.3) is 11.1 Å². The number of carbonyl (C=O) groups excluding carboxylic acids is 1. The van der Waals surface area contributed by atoms with Gasteiger partial charge in [-0.2, -0.15) is 0 Å². The lowest BCUT2D eigenvalue weighted by Gasteiger charge is -2.08. The number of hydrogen-bond acceptors (Lipinski definition) is 3. The molecular weight excluding hydrogens is 372 g/mol. The molecule has 1 heterocycles. The number of oxazole rings is 1. The molecule has 0 spiro atoms. The second kappa shape index (κ2) is 8.15. The van der Waals surface area contributed by atoms with Gasteiger partial charge in [0, 0.05) is 17.7 Å². The van der Waals surface area contributed by atoms with E-state index in [4.69, 9.17) is 4.42 Å². The van der Waals surface area contributed by atoms with Crippen LogP contribution in [0.1, 0.15) is 58.3 Å². The maximum absolute atomic E-state index is 12.5. The number of aryl methyl sites for hydroxylation is 2. The summed E-state index contributed by atoms with van der Waals surface area (Å²) < 4.78 is 5.91. The summed E-state index contributed by atoms with van der Waals surface area (Å²) in [5.74, 6) is 1.03. The molecule has 1 amide bonds. The van der Waals surface area contributed by atoms with Gasteiger partial charge in [-0.05, 0) is 78.4 Å². The lowest BCUT2D eigenvalue weighted by atomic mass is 10.0. The van der Waals surface area contributed by atoms with Gasteiger partial charge >= 0.3 is 0 Å². The van der Waals surface area contributed by atoms with E-state index < -0.39 is 0 Å². The summed E-state index contributed by atoms with van der Waals surface area (Å²) in [6.45, 7) is 8.43. The molecule has 152 valence electrons. The summed E-state index contributed by atoms with van der Waals surface area (Å²) >= 11 is 0. The smallest absolute Gasteiger partial charge is 0.255 e. The van der Waals surface area contributed by atoms with E-state index in [2.05, 4.69) is 44.1 Å². The van der Waals surface area contributed by atoms with Crippen LogP contribution >= 0.6 is 0 Å². The maximum Gasteiger partial charge on any atom is 0.255 e. The van der Waals surface area contributed by atoms with Gasteiger partial charge in [0.15, 0.2) is 11.5 Å². The monoisotopic (exact) mass is 398 g/mol. The van der Waals surface area contributed by atoms with Crippen molar-refractivity contribution in [2.45, 2.75) is 40.0 Å². The van der Waals surface area contributed by atoms with Crippen molar-refractivity contribution in [3.8, 4) is 0 Å². The van der Waals surface area contributed by atoms with E-state index in [1.54, 1.807) is 0 Å². The molecule has 4 rings (SSSR count). The van der Waals surface area contributed by atoms with Crippen molar-refractivity contribution in [2.24, 2.45) is 0 Å². The Bertz CT molecular complexity index is 1150. The molecule has 0 saturated heterocycles. The van der Waals surface area contributed by atoms with Gasteiger partial charge in [0.05, 0.1) is 0 Å². The van der Waals surface area contributed by atoms with Crippen molar-refractivity contribution in [1.29, 1.82) is 0 Å². The first-order valence-corrected chi connectivity index (χ1v) is 10.3. The second-order valence-corrected chi connectivity index (χ2v) is 8.12. The molecule has 0 saturated carbocycles. The third kappa shape index (κ3) is 4.28. The van der Waals surface area contributed by atoms with Crippen LogP contribution in [-0.2, 0) is 6.42 Å². The molecule has 4 heteroatoms. The maximum atomic E-state index is 12.5. The summed E-state index contributed by atoms with van der Waals surface area (Å²) in [7, 11) is 0. The Labute approximate surface area is 177 Å². The van der Waals surface area contributed by atoms with E-state index in [1.165, 1.54) is 16.7 Å². The SMILES string of the molecule is Cc1cc2nc(Cc3ccc(NC(=O)c4ccc(C(C)C)cc4)cc3)oc2cc1C. The fourth-order valence-corrected chi connectivity index (χ4v) is 3.41. The van der Waals surface area contributed by atoms with Crippen LogP contribution in [-0.4, -0.2) is 10.9 Å². The summed E-state index contributed by atoms with van der Waals surface area (Å²) in [5.41, 5.74) is 7.84. The van der Waals surface area contributed by atoms with Crippen LogP contribution in [0, 0.1) is 13.8 Å². The minimum atomic E-state index is -0.109. The van der Waals surface area contributed by atoms with Crippen molar-refractivity contribution < 1.29 is 9.21 Å². The normalized spacial score (nSPS) is 11.2. The third-order valence-electron chi connectivity index (χ3n) is 5.45. The van der Waals surface area contributed by atoms with Gasteiger partial charge in [0.1, 0.15) is 5.52 Å². The molecule has 0 aliphatic heterocycles. The number of benzene rings is 3. The summed E-state index contributed by atoms with van der Waals surface area (Å²) in [6, 6.07) is 19.6. The van der Waals surface area contributed by atoms with E-state index >= 15 is 0 Å². The number of carbonyl (C=O) groups is 1. The number of hydrogen-bond donors (Lipinski definition) is 1. The largest absolute Gasteiger partial charge is 0.440 e. The third-order valence-corrected chi connectivity index (χ3v) is 5.45. The quantitative estimate of drug-likeness (QED) is 0.422. The summed E-state index contributed by atoms with van der Waals surface area (Å²) in [4.78, 5) is 17.1. The predicted molar refractivity (Wildman–Crippen MR) is 121 cm³/mol. The van der Waals surface area contributed by atoms with Gasteiger partial charge in [-0.25, -0.2) is 4.98 Å². The average molecular weight is 399 g/mol. The van der Waals surface area contributed by atoms with Crippen molar-refractivity contribution in [3.05, 3.63) is 94.4 Å². The Hall–Kier alpha value is -3.40. The van der Waals surface area contributed by atoms with Crippen molar-refractivity contribution in [2.75, 3.05) is 5.32 Å². The Balaban J connectivity index is 1.43. The molecule has 30 heavy (non-hydrogen) atoms. The number of nitrogens with zero attached hydrogens (tertiary/aromatic N) is 1. The highest BCUT2D eigenvalue weighted by atomic mass is 16.3. The predicted octanol–water partition coefficient (Wildman–Crippen LogP) is 6.41. The molecule has 1 N–H and O–H groups in total. The van der Waals surface area contributed by atoms with Crippen LogP contribution < -0.4 is 5.32 Å². The second-order valence-electron chi connectivity index (χ2n) is 8.12. The van der Waals surface area contributed by atoms with Crippen molar-refractivity contribution in [3.63, 3.8) is 0 Å². The lowest BCUT2D eigenvalue weighted by Crippen LogP contribution is -2.11. The topological polar surface area (TPSA) is 55.1 Å². The van der Waals surface area contributed by atoms with E-state index in [1.807, 2.05) is 54.6 Å². The highest BCUT2D eigenvalue weighted by molar-refractivity contribution is 6.04. The molecule has 0 aliphatic carbocycles. The van der Waals surface area contributed by atoms with E-state index in [9.17, 15) is 4.79 Å². The Morgan fingerprint density at radius 3 is 2.30 bits per heavy atom. The van der Waals surface area contributed by atoms with Crippen LogP contribution in [0.15, 0.2) is 65.1 Å². The minimum absolute atomic E-state index is 0.109. The molecule has 0 fully saturated rings. The van der Waals surface area contributed by atoms with Gasteiger partial charge < -0.3 is 9.73 Å². The van der Waals surface area contributed by atoms with Gasteiger partial charge in [-0.1, -0.05) is 38.1 Å². The zero-order valence-corrected chi connectivity index (χ0v) is 17.8. The fourth-order valence-electron chi connectivity index (χ4n) is 3.41. The first-order chi connectivity index (χ1) is 14.4. The first kappa shape index (κ1) is 19.9. The molecule has 0 aliphatic rings. The van der Waals surface area contributed by atoms with E-state index in [0.717, 1.165) is 22.4 Å². The van der Waals surface area contributed by atoms with Gasteiger partial charge in [0.2, 0.25) is 0 Å². The Morgan fingerprint density at radius 1 is 0.967 bits per heavy atom. The van der Waals surface area contributed by atoms with E-state index in [-0.39, 0.29) is 5.91 Å². The van der Waals surface area contributed by atoms with Gasteiger partial charge in [0.25, 0.3) is 5.91 Å². The van der Waals surface area contributed by atoms with Crippen LogP contribution in [0.4, 0.5) is 5.69 Å². The molecule has 3 aromatic carbocycles. The number of anilines is 1. The van der Waals surface area contributed by atoms with Gasteiger partial charge in [-0.3, -0.25) is 4.79 Å². The van der Waals surface area contributed by atoms with E-state index in [0.29, 0.717) is 23.8 Å². The number of rotatable bonds is 5. The van der Waals surface area contributed by atoms with Crippen molar-refractivity contribution >= 4 is 22.7 Å². The lowest BCUT2D eigenvalue weighted by molar-refractivity contribution is 0.102. The zero-order valence-electron chi connectivity index (χ0n) is 17.8.